The number of unbranched alkanes of at least 4 members (excludes halogenated alkanes) is 12. The molecule has 1 aliphatic rings. The Hall–Kier alpha value is -0.460. The predicted octanol–water partition coefficient (Wildman–Crippen LogP) is 4.13. The topological polar surface area (TPSA) is 79.2 Å². The highest BCUT2D eigenvalue weighted by molar-refractivity contribution is 4.88. The van der Waals surface area contributed by atoms with E-state index in [4.69, 9.17) is 9.47 Å². The van der Waals surface area contributed by atoms with E-state index in [0.717, 1.165) is 12.8 Å². The highest BCUT2D eigenvalue weighted by atomic mass is 16.6. The molecule has 0 unspecified atom stereocenters. The zero-order valence-corrected chi connectivity index (χ0v) is 17.9. The molecule has 0 aliphatic carbocycles. The molecule has 1 saturated heterocycles. The van der Waals surface area contributed by atoms with Crippen LogP contribution in [0.2, 0.25) is 0 Å². The summed E-state index contributed by atoms with van der Waals surface area (Å²) in [6.07, 6.45) is 18.1. The van der Waals surface area contributed by atoms with Gasteiger partial charge >= 0.3 is 0 Å². The van der Waals surface area contributed by atoms with Crippen molar-refractivity contribution in [3.63, 3.8) is 0 Å². The van der Waals surface area contributed by atoms with Gasteiger partial charge in [0.15, 0.2) is 0 Å². The second kappa shape index (κ2) is 17.4. The molecule has 0 spiro atoms. The summed E-state index contributed by atoms with van der Waals surface area (Å²) >= 11 is 0. The van der Waals surface area contributed by atoms with E-state index >= 15 is 0 Å². The summed E-state index contributed by atoms with van der Waals surface area (Å²) in [5.74, 6) is 0. The molecule has 28 heavy (non-hydrogen) atoms. The van der Waals surface area contributed by atoms with Crippen LogP contribution >= 0.6 is 0 Å². The van der Waals surface area contributed by atoms with E-state index in [0.29, 0.717) is 6.61 Å². The molecular weight excluding hydrogens is 356 g/mol. The molecule has 0 aromatic rings. The average molecular weight is 401 g/mol. The minimum atomic E-state index is -0.977. The van der Waals surface area contributed by atoms with Crippen molar-refractivity contribution in [3.05, 3.63) is 12.2 Å². The third-order valence-corrected chi connectivity index (χ3v) is 5.57. The summed E-state index contributed by atoms with van der Waals surface area (Å²) in [5, 5.41) is 28.8. The summed E-state index contributed by atoms with van der Waals surface area (Å²) in [4.78, 5) is 0. The Balaban J connectivity index is 1.84. The Bertz CT molecular complexity index is 374. The van der Waals surface area contributed by atoms with Crippen molar-refractivity contribution in [2.75, 3.05) is 19.8 Å². The van der Waals surface area contributed by atoms with Crippen molar-refractivity contribution in [1.29, 1.82) is 0 Å². The molecule has 0 bridgehead atoms. The maximum absolute atomic E-state index is 9.83. The van der Waals surface area contributed by atoms with Crippen molar-refractivity contribution in [3.8, 4) is 0 Å². The molecule has 1 heterocycles. The summed E-state index contributed by atoms with van der Waals surface area (Å²) in [6.45, 7) is 2.54. The molecule has 1 rings (SSSR count). The molecule has 5 nitrogen and oxygen atoms in total. The van der Waals surface area contributed by atoms with E-state index in [2.05, 4.69) is 19.1 Å². The highest BCUT2D eigenvalue weighted by Crippen LogP contribution is 2.20. The number of allylic oxidation sites excluding steroid dienone is 2. The number of aliphatic hydroxyl groups excluding tert-OH is 3. The maximum Gasteiger partial charge on any atom is 0.114 e. The first-order valence-electron chi connectivity index (χ1n) is 11.5. The standard InChI is InChI=1S/C23H44O5/c1-2-3-4-5-6-7-8-9-10-11-12-13-14-15-16-17-27-21(18-24)23-22(26)20(25)19-28-23/h2-3,20-26H,4-19H2,1H3/b3-2+/t20-,21+,22+,23+/m0/s1. The lowest BCUT2D eigenvalue weighted by atomic mass is 10.0. The normalized spacial score (nSPS) is 23.6. The van der Waals surface area contributed by atoms with Gasteiger partial charge in [-0.15, -0.1) is 0 Å². The third-order valence-electron chi connectivity index (χ3n) is 5.57. The third kappa shape index (κ3) is 11.5. The van der Waals surface area contributed by atoms with E-state index in [1.165, 1.54) is 70.6 Å². The minimum Gasteiger partial charge on any atom is -0.394 e. The van der Waals surface area contributed by atoms with E-state index in [-0.39, 0.29) is 13.2 Å². The quantitative estimate of drug-likeness (QED) is 0.238. The largest absolute Gasteiger partial charge is 0.394 e. The lowest BCUT2D eigenvalue weighted by Gasteiger charge is -2.24. The maximum atomic E-state index is 9.83. The van der Waals surface area contributed by atoms with E-state index in [1.807, 2.05) is 0 Å². The van der Waals surface area contributed by atoms with Crippen molar-refractivity contribution < 1.29 is 24.8 Å². The molecule has 4 atom stereocenters. The first kappa shape index (κ1) is 25.6. The number of aliphatic hydroxyl groups is 3. The molecule has 0 aromatic carbocycles. The number of ether oxygens (including phenoxy) is 2. The smallest absolute Gasteiger partial charge is 0.114 e. The highest BCUT2D eigenvalue weighted by Gasteiger charge is 2.40. The SMILES string of the molecule is C/C=C/CCCCCCCCCCCCCCO[C@H](CO)[C@H]1OC[C@H](O)[C@H]1O. The van der Waals surface area contributed by atoms with E-state index in [1.54, 1.807) is 0 Å². The Labute approximate surface area is 172 Å². The van der Waals surface area contributed by atoms with Crippen molar-refractivity contribution in [1.82, 2.24) is 0 Å². The van der Waals surface area contributed by atoms with Crippen molar-refractivity contribution in [2.45, 2.75) is 115 Å². The molecule has 0 aromatic heterocycles. The molecule has 1 aliphatic heterocycles. The van der Waals surface area contributed by atoms with Gasteiger partial charge in [0.2, 0.25) is 0 Å². The molecule has 3 N–H and O–H groups in total. The van der Waals surface area contributed by atoms with Gasteiger partial charge in [0.1, 0.15) is 24.4 Å². The molecule has 166 valence electrons. The van der Waals surface area contributed by atoms with Gasteiger partial charge in [0, 0.05) is 6.61 Å². The predicted molar refractivity (Wildman–Crippen MR) is 113 cm³/mol. The fourth-order valence-corrected chi connectivity index (χ4v) is 3.74. The zero-order chi connectivity index (χ0) is 20.5. The summed E-state index contributed by atoms with van der Waals surface area (Å²) in [6, 6.07) is 0. The second-order valence-corrected chi connectivity index (χ2v) is 8.05. The van der Waals surface area contributed by atoms with Gasteiger partial charge in [-0.05, 0) is 26.2 Å². The van der Waals surface area contributed by atoms with Crippen LogP contribution in [0.4, 0.5) is 0 Å². The van der Waals surface area contributed by atoms with Crippen molar-refractivity contribution in [2.24, 2.45) is 0 Å². The van der Waals surface area contributed by atoms with E-state index < -0.39 is 24.4 Å². The van der Waals surface area contributed by atoms with Crippen LogP contribution < -0.4 is 0 Å². The van der Waals surface area contributed by atoms with Crippen LogP contribution in [0.1, 0.15) is 90.4 Å². The van der Waals surface area contributed by atoms with Crippen LogP contribution in [-0.2, 0) is 9.47 Å². The van der Waals surface area contributed by atoms with Gasteiger partial charge in [-0.1, -0.05) is 76.4 Å². The van der Waals surface area contributed by atoms with E-state index in [9.17, 15) is 15.3 Å². The van der Waals surface area contributed by atoms with Gasteiger partial charge < -0.3 is 24.8 Å². The summed E-state index contributed by atoms with van der Waals surface area (Å²) < 4.78 is 11.0. The van der Waals surface area contributed by atoms with Crippen LogP contribution in [0.25, 0.3) is 0 Å². The van der Waals surface area contributed by atoms with Crippen LogP contribution in [0.5, 0.6) is 0 Å². The number of hydrogen-bond acceptors (Lipinski definition) is 5. The van der Waals surface area contributed by atoms with Gasteiger partial charge in [-0.3, -0.25) is 0 Å². The summed E-state index contributed by atoms with van der Waals surface area (Å²) in [5.41, 5.74) is 0. The number of hydrogen-bond donors (Lipinski definition) is 3. The lowest BCUT2D eigenvalue weighted by molar-refractivity contribution is -0.101. The first-order valence-corrected chi connectivity index (χ1v) is 11.5. The van der Waals surface area contributed by atoms with Crippen LogP contribution in [0.15, 0.2) is 12.2 Å². The summed E-state index contributed by atoms with van der Waals surface area (Å²) in [7, 11) is 0. The van der Waals surface area contributed by atoms with Gasteiger partial charge in [0.05, 0.1) is 13.2 Å². The monoisotopic (exact) mass is 400 g/mol. The Morgan fingerprint density at radius 3 is 1.89 bits per heavy atom. The van der Waals surface area contributed by atoms with Crippen LogP contribution in [0.3, 0.4) is 0 Å². The van der Waals surface area contributed by atoms with Crippen LogP contribution in [0, 0.1) is 0 Å². The molecular formula is C23H44O5. The van der Waals surface area contributed by atoms with Gasteiger partial charge in [-0.25, -0.2) is 0 Å². The van der Waals surface area contributed by atoms with Gasteiger partial charge in [0.25, 0.3) is 0 Å². The van der Waals surface area contributed by atoms with Gasteiger partial charge in [-0.2, -0.15) is 0 Å². The number of rotatable bonds is 18. The Morgan fingerprint density at radius 2 is 1.43 bits per heavy atom. The Morgan fingerprint density at radius 1 is 0.893 bits per heavy atom. The lowest BCUT2D eigenvalue weighted by Crippen LogP contribution is -2.42. The zero-order valence-electron chi connectivity index (χ0n) is 17.9. The molecule has 0 saturated carbocycles. The van der Waals surface area contributed by atoms with Crippen molar-refractivity contribution >= 4 is 0 Å². The minimum absolute atomic E-state index is 0.0995. The molecule has 5 heteroatoms. The molecule has 0 radical (unpaired) electrons. The first-order chi connectivity index (χ1) is 13.7. The fraction of sp³-hybridized carbons (Fsp3) is 0.913. The molecule has 1 fully saturated rings. The Kier molecular flexibility index (Phi) is 15.9. The molecule has 0 amide bonds. The van der Waals surface area contributed by atoms with Crippen LogP contribution in [-0.4, -0.2) is 59.6 Å². The fourth-order valence-electron chi connectivity index (χ4n) is 3.74. The average Bonchev–Trinajstić information content (AvgIpc) is 3.03. The second-order valence-electron chi connectivity index (χ2n) is 8.05.